The summed E-state index contributed by atoms with van der Waals surface area (Å²) in [6.45, 7) is 6.06. The molecule has 85 heavy (non-hydrogen) atoms. The van der Waals surface area contributed by atoms with Gasteiger partial charge in [-0.1, -0.05) is 72.8 Å². The second kappa shape index (κ2) is 24.6. The SMILES string of the molecule is COc1cc(N2CSc3cc(OC)c(OC)cc3C2)ccc1C.COc1ccc(CN2COc3cc4oc(=O)cc(-c5ccccc5)c4cc3C2)cc1OC.O=c1cc(-c2ccccc2)c2cc3c(cc2o1)OCN(c1ccc2c(c1)OCO2)C3. The third kappa shape index (κ3) is 11.9. The summed E-state index contributed by atoms with van der Waals surface area (Å²) in [6.07, 6.45) is 0. The molecule has 10 aromatic rings. The Labute approximate surface area is 495 Å². The van der Waals surface area contributed by atoms with Gasteiger partial charge in [0.05, 0.1) is 41.4 Å². The molecule has 0 spiro atoms. The normalized spacial score (nSPS) is 13.8. The van der Waals surface area contributed by atoms with Gasteiger partial charge in [0, 0.05) is 101 Å². The summed E-state index contributed by atoms with van der Waals surface area (Å²) in [4.78, 5) is 32.2. The van der Waals surface area contributed by atoms with Gasteiger partial charge in [-0.3, -0.25) is 4.90 Å². The molecular formula is C68H61N3O13S. The molecule has 17 heteroatoms. The highest BCUT2D eigenvalue weighted by Gasteiger charge is 2.26. The number of fused-ring (bicyclic) bond motifs is 6. The molecule has 6 heterocycles. The number of thioether (sulfide) groups is 1. The van der Waals surface area contributed by atoms with Crippen LogP contribution in [-0.4, -0.2) is 66.6 Å². The second-order valence-electron chi connectivity index (χ2n) is 20.5. The van der Waals surface area contributed by atoms with Crippen LogP contribution in [0.15, 0.2) is 187 Å². The average molecular weight is 1160 g/mol. The number of rotatable bonds is 11. The molecule has 0 atom stereocenters. The maximum absolute atomic E-state index is 12.2. The highest BCUT2D eigenvalue weighted by Crippen LogP contribution is 2.43. The van der Waals surface area contributed by atoms with E-state index in [9.17, 15) is 9.59 Å². The number of methoxy groups -OCH3 is 5. The van der Waals surface area contributed by atoms with E-state index in [-0.39, 0.29) is 18.0 Å². The van der Waals surface area contributed by atoms with Crippen LogP contribution in [0, 0.1) is 6.92 Å². The molecular weight excluding hydrogens is 1100 g/mol. The van der Waals surface area contributed by atoms with Crippen molar-refractivity contribution in [3.05, 3.63) is 212 Å². The quantitative estimate of drug-likeness (QED) is 0.113. The van der Waals surface area contributed by atoms with E-state index >= 15 is 0 Å². The predicted molar refractivity (Wildman–Crippen MR) is 329 cm³/mol. The lowest BCUT2D eigenvalue weighted by Crippen LogP contribution is -2.31. The predicted octanol–water partition coefficient (Wildman–Crippen LogP) is 13.5. The minimum atomic E-state index is -0.376. The van der Waals surface area contributed by atoms with Gasteiger partial charge in [0.1, 0.15) is 35.1 Å². The Hall–Kier alpha value is -9.71. The molecule has 4 aliphatic rings. The summed E-state index contributed by atoms with van der Waals surface area (Å²) < 4.78 is 60.9. The summed E-state index contributed by atoms with van der Waals surface area (Å²) >= 11 is 1.81. The van der Waals surface area contributed by atoms with E-state index in [1.165, 1.54) is 16.1 Å². The van der Waals surface area contributed by atoms with Gasteiger partial charge in [0.25, 0.3) is 0 Å². The van der Waals surface area contributed by atoms with Crippen LogP contribution in [0.2, 0.25) is 0 Å². The summed E-state index contributed by atoms with van der Waals surface area (Å²) in [5.41, 5.74) is 11.7. The lowest BCUT2D eigenvalue weighted by molar-refractivity contribution is 0.0888. The molecule has 4 aliphatic heterocycles. The maximum atomic E-state index is 12.2. The number of hydrogen-bond acceptors (Lipinski definition) is 17. The summed E-state index contributed by atoms with van der Waals surface area (Å²) in [5, 5.41) is 1.78. The van der Waals surface area contributed by atoms with Crippen molar-refractivity contribution in [2.24, 2.45) is 0 Å². The van der Waals surface area contributed by atoms with Crippen molar-refractivity contribution in [3.63, 3.8) is 0 Å². The van der Waals surface area contributed by atoms with Crippen molar-refractivity contribution >= 4 is 45.1 Å². The Morgan fingerprint density at radius 1 is 0.459 bits per heavy atom. The molecule has 432 valence electrons. The van der Waals surface area contributed by atoms with Crippen LogP contribution in [0.3, 0.4) is 0 Å². The highest BCUT2D eigenvalue weighted by molar-refractivity contribution is 7.99. The van der Waals surface area contributed by atoms with Crippen molar-refractivity contribution in [1.82, 2.24) is 4.90 Å². The summed E-state index contributed by atoms with van der Waals surface area (Å²) in [6, 6.07) is 52.8. The average Bonchev–Trinajstić information content (AvgIpc) is 3.18. The van der Waals surface area contributed by atoms with E-state index in [1.54, 1.807) is 47.7 Å². The van der Waals surface area contributed by atoms with Gasteiger partial charge < -0.3 is 61.3 Å². The van der Waals surface area contributed by atoms with Crippen molar-refractivity contribution < 1.29 is 51.5 Å². The second-order valence-corrected chi connectivity index (χ2v) is 21.5. The lowest BCUT2D eigenvalue weighted by Gasteiger charge is -2.31. The van der Waals surface area contributed by atoms with E-state index in [0.717, 1.165) is 114 Å². The van der Waals surface area contributed by atoms with Gasteiger partial charge in [-0.15, -0.1) is 11.8 Å². The molecule has 2 aromatic heterocycles. The van der Waals surface area contributed by atoms with Crippen LogP contribution in [0.4, 0.5) is 11.4 Å². The molecule has 8 aromatic carbocycles. The number of aryl methyl sites for hydroxylation is 1. The van der Waals surface area contributed by atoms with E-state index in [2.05, 4.69) is 64.1 Å². The van der Waals surface area contributed by atoms with Crippen LogP contribution in [0.5, 0.6) is 51.7 Å². The number of benzene rings is 8. The van der Waals surface area contributed by atoms with Gasteiger partial charge in [-0.2, -0.15) is 0 Å². The Bertz CT molecular complexity index is 4210. The maximum Gasteiger partial charge on any atom is 0.336 e. The highest BCUT2D eigenvalue weighted by atomic mass is 32.2. The largest absolute Gasteiger partial charge is 0.496 e. The first-order chi connectivity index (χ1) is 41.5. The van der Waals surface area contributed by atoms with Crippen LogP contribution in [-0.2, 0) is 26.2 Å². The first-order valence-electron chi connectivity index (χ1n) is 27.5. The molecule has 0 unspecified atom stereocenters. The third-order valence-electron chi connectivity index (χ3n) is 15.2. The van der Waals surface area contributed by atoms with Gasteiger partial charge in [-0.25, -0.2) is 9.59 Å². The number of nitrogens with zero attached hydrogens (tertiary/aromatic N) is 3. The van der Waals surface area contributed by atoms with E-state index in [0.29, 0.717) is 55.8 Å². The molecule has 0 fully saturated rings. The first-order valence-corrected chi connectivity index (χ1v) is 28.5. The number of anilines is 2. The van der Waals surface area contributed by atoms with Gasteiger partial charge >= 0.3 is 11.3 Å². The molecule has 0 N–H and O–H groups in total. The van der Waals surface area contributed by atoms with Crippen molar-refractivity contribution in [2.45, 2.75) is 38.0 Å². The van der Waals surface area contributed by atoms with Gasteiger partial charge in [0.2, 0.25) is 6.79 Å². The zero-order valence-corrected chi connectivity index (χ0v) is 48.6. The van der Waals surface area contributed by atoms with Crippen LogP contribution in [0.1, 0.15) is 27.8 Å². The smallest absolute Gasteiger partial charge is 0.336 e. The standard InChI is InChI=1S/C26H23NO5.C24H17NO5.C18H21NO3S/c1-29-22-9-8-17(10-25(22)30-2)14-27-15-19-11-21-20(18-6-4-3-5-7-18)12-26(28)32-24(21)13-23(19)31-16-27;26-24-10-18(15-4-2-1-3-5-15)19-8-16-12-25(13-27-21(16)11-22(19)30-24)17-6-7-20-23(9-17)29-14-28-20;1-12-5-6-14(8-15(12)20-2)19-10-13-7-16(21-3)17(22-4)9-18(13)23-11-19/h3-13H,14-16H2,1-2H3;1-11H,12-14H2;5-9H,10-11H2,1-4H3. The van der Waals surface area contributed by atoms with E-state index < -0.39 is 0 Å². The third-order valence-corrected chi connectivity index (χ3v) is 16.3. The van der Waals surface area contributed by atoms with Crippen molar-refractivity contribution in [3.8, 4) is 74.0 Å². The van der Waals surface area contributed by atoms with Crippen LogP contribution in [0.25, 0.3) is 44.2 Å². The minimum absolute atomic E-state index is 0.248. The zero-order chi connectivity index (χ0) is 58.6. The fourth-order valence-corrected chi connectivity index (χ4v) is 11.9. The van der Waals surface area contributed by atoms with Gasteiger partial charge in [-0.05, 0) is 100 Å². The van der Waals surface area contributed by atoms with Crippen molar-refractivity contribution in [1.29, 1.82) is 0 Å². The van der Waals surface area contributed by atoms with Gasteiger partial charge in [0.15, 0.2) is 41.2 Å². The zero-order valence-electron chi connectivity index (χ0n) is 47.8. The molecule has 0 saturated heterocycles. The monoisotopic (exact) mass is 1160 g/mol. The molecule has 0 bridgehead atoms. The van der Waals surface area contributed by atoms with Crippen molar-refractivity contribution in [2.75, 3.05) is 71.5 Å². The molecule has 16 nitrogen and oxygen atoms in total. The summed E-state index contributed by atoms with van der Waals surface area (Å²) in [7, 11) is 8.31. The lowest BCUT2D eigenvalue weighted by atomic mass is 9.99. The van der Waals surface area contributed by atoms with E-state index in [4.69, 9.17) is 51.5 Å². The Kier molecular flexibility index (Phi) is 16.2. The topological polar surface area (TPSA) is 153 Å². The molecule has 0 radical (unpaired) electrons. The van der Waals surface area contributed by atoms with Crippen LogP contribution < -0.4 is 63.7 Å². The summed E-state index contributed by atoms with van der Waals surface area (Å²) in [5.74, 6) is 7.76. The Balaban J connectivity index is 0.000000127. The number of hydrogen-bond donors (Lipinski definition) is 0. The molecule has 14 rings (SSSR count). The Morgan fingerprint density at radius 2 is 1.02 bits per heavy atom. The molecule has 0 saturated carbocycles. The Morgan fingerprint density at radius 3 is 1.67 bits per heavy atom. The fraction of sp³-hybridized carbons (Fsp3) is 0.206. The minimum Gasteiger partial charge on any atom is -0.496 e. The number of ether oxygens (including phenoxy) is 9. The van der Waals surface area contributed by atoms with Crippen LogP contribution >= 0.6 is 11.8 Å². The first kappa shape index (κ1) is 55.8. The van der Waals surface area contributed by atoms with E-state index in [1.807, 2.05) is 121 Å². The fourth-order valence-electron chi connectivity index (χ4n) is 10.9. The molecule has 0 amide bonds. The molecule has 0 aliphatic carbocycles.